The maximum atomic E-state index is 12.7. The smallest absolute Gasteiger partial charge is 0.237 e. The number of aliphatic hydroxyl groups is 4. The fraction of sp³-hybridized carbons (Fsp3) is 0.944. The Bertz CT molecular complexity index is 461. The summed E-state index contributed by atoms with van der Waals surface area (Å²) < 4.78 is 5.63. The molecule has 8 heteroatoms. The molecule has 0 aromatic rings. The van der Waals surface area contributed by atoms with Gasteiger partial charge in [0.15, 0.2) is 0 Å². The normalized spacial score (nSPS) is 39.2. The van der Waals surface area contributed by atoms with Crippen molar-refractivity contribution in [1.82, 2.24) is 10.6 Å². The predicted molar refractivity (Wildman–Crippen MR) is 95.3 cm³/mol. The second kappa shape index (κ2) is 9.43. The van der Waals surface area contributed by atoms with E-state index in [1.165, 1.54) is 0 Å². The summed E-state index contributed by atoms with van der Waals surface area (Å²) in [7, 11) is 0. The van der Waals surface area contributed by atoms with Crippen LogP contribution in [0.15, 0.2) is 0 Å². The van der Waals surface area contributed by atoms with Crippen LogP contribution >= 0.6 is 0 Å². The molecule has 8 nitrogen and oxygen atoms in total. The van der Waals surface area contributed by atoms with Gasteiger partial charge in [0.05, 0.1) is 18.7 Å². The first-order valence-electron chi connectivity index (χ1n) is 9.64. The Kier molecular flexibility index (Phi) is 7.81. The van der Waals surface area contributed by atoms with Crippen LogP contribution in [0.3, 0.4) is 0 Å². The molecule has 2 aliphatic rings. The average Bonchev–Trinajstić information content (AvgIpc) is 3.07. The molecule has 8 unspecified atom stereocenters. The third kappa shape index (κ3) is 4.74. The molecule has 1 amide bonds. The largest absolute Gasteiger partial charge is 0.394 e. The van der Waals surface area contributed by atoms with E-state index in [1.54, 1.807) is 0 Å². The summed E-state index contributed by atoms with van der Waals surface area (Å²) in [6.45, 7) is 6.23. The van der Waals surface area contributed by atoms with Crippen molar-refractivity contribution in [2.75, 3.05) is 13.2 Å². The highest BCUT2D eigenvalue weighted by atomic mass is 16.5. The maximum absolute atomic E-state index is 12.7. The van der Waals surface area contributed by atoms with E-state index < -0.39 is 43.2 Å². The highest BCUT2D eigenvalue weighted by molar-refractivity contribution is 5.82. The molecule has 8 atom stereocenters. The molecule has 0 bridgehead atoms. The topological polar surface area (TPSA) is 131 Å². The standard InChI is InChI=1S/C18H34N2O6/c1-4-5-10-6-11(19-7-10)18(25)20-13(9(2)3)17-16(24)15(23)14(22)12(8-21)26-17/h9-17,19,21-24H,4-8H2,1-3H3,(H,20,25). The summed E-state index contributed by atoms with van der Waals surface area (Å²) in [5.74, 6) is 0.257. The van der Waals surface area contributed by atoms with Crippen LogP contribution in [0.5, 0.6) is 0 Å². The first kappa shape index (κ1) is 21.5. The molecule has 0 saturated carbocycles. The van der Waals surface area contributed by atoms with Gasteiger partial charge in [0.2, 0.25) is 5.91 Å². The highest BCUT2D eigenvalue weighted by Crippen LogP contribution is 2.26. The van der Waals surface area contributed by atoms with Crippen molar-refractivity contribution < 1.29 is 30.0 Å². The Balaban J connectivity index is 2.05. The van der Waals surface area contributed by atoms with Gasteiger partial charge in [-0.3, -0.25) is 4.79 Å². The lowest BCUT2D eigenvalue weighted by Crippen LogP contribution is -2.65. The Morgan fingerprint density at radius 1 is 1.23 bits per heavy atom. The molecule has 0 spiro atoms. The van der Waals surface area contributed by atoms with E-state index in [0.717, 1.165) is 25.8 Å². The summed E-state index contributed by atoms with van der Waals surface area (Å²) in [5, 5.41) is 45.9. The number of aliphatic hydroxyl groups excluding tert-OH is 4. The van der Waals surface area contributed by atoms with Gasteiger partial charge in [0.25, 0.3) is 0 Å². The van der Waals surface area contributed by atoms with Crippen LogP contribution in [0, 0.1) is 11.8 Å². The molecule has 26 heavy (non-hydrogen) atoms. The van der Waals surface area contributed by atoms with Crippen molar-refractivity contribution in [2.24, 2.45) is 11.8 Å². The summed E-state index contributed by atoms with van der Waals surface area (Å²) in [4.78, 5) is 12.7. The second-order valence-electron chi connectivity index (χ2n) is 7.92. The Hall–Kier alpha value is -0.770. The highest BCUT2D eigenvalue weighted by Gasteiger charge is 2.47. The number of rotatable bonds is 7. The summed E-state index contributed by atoms with van der Waals surface area (Å²) in [5.41, 5.74) is 0. The lowest BCUT2D eigenvalue weighted by atomic mass is 9.86. The molecule has 2 saturated heterocycles. The lowest BCUT2D eigenvalue weighted by molar-refractivity contribution is -0.237. The van der Waals surface area contributed by atoms with Crippen LogP contribution in [0.25, 0.3) is 0 Å². The number of ether oxygens (including phenoxy) is 1. The van der Waals surface area contributed by atoms with E-state index in [2.05, 4.69) is 17.6 Å². The van der Waals surface area contributed by atoms with Crippen LogP contribution in [0.2, 0.25) is 0 Å². The molecule has 2 aliphatic heterocycles. The second-order valence-corrected chi connectivity index (χ2v) is 7.92. The predicted octanol–water partition coefficient (Wildman–Crippen LogP) is -1.25. The van der Waals surface area contributed by atoms with Gasteiger partial charge < -0.3 is 35.8 Å². The monoisotopic (exact) mass is 374 g/mol. The zero-order valence-corrected chi connectivity index (χ0v) is 15.8. The van der Waals surface area contributed by atoms with Crippen molar-refractivity contribution in [3.63, 3.8) is 0 Å². The molecule has 2 rings (SSSR count). The number of amides is 1. The number of hydrogen-bond acceptors (Lipinski definition) is 7. The van der Waals surface area contributed by atoms with E-state index in [1.807, 2.05) is 13.8 Å². The van der Waals surface area contributed by atoms with Gasteiger partial charge in [-0.05, 0) is 31.2 Å². The first-order valence-corrected chi connectivity index (χ1v) is 9.64. The zero-order chi connectivity index (χ0) is 19.4. The SMILES string of the molecule is CCCC1CNC(C(=O)NC(C(C)C)C2OC(CO)C(O)C(O)C2O)C1. The lowest BCUT2D eigenvalue weighted by Gasteiger charge is -2.44. The molecule has 0 radical (unpaired) electrons. The molecule has 6 N–H and O–H groups in total. The van der Waals surface area contributed by atoms with Crippen LogP contribution in [-0.4, -0.2) is 82.1 Å². The van der Waals surface area contributed by atoms with Crippen molar-refractivity contribution in [2.45, 2.75) is 82.6 Å². The van der Waals surface area contributed by atoms with Crippen LogP contribution in [-0.2, 0) is 9.53 Å². The summed E-state index contributed by atoms with van der Waals surface area (Å²) in [6, 6.07) is -0.835. The van der Waals surface area contributed by atoms with Crippen molar-refractivity contribution in [3.05, 3.63) is 0 Å². The third-order valence-electron chi connectivity index (χ3n) is 5.55. The molecule has 2 heterocycles. The van der Waals surface area contributed by atoms with Crippen molar-refractivity contribution in [1.29, 1.82) is 0 Å². The van der Waals surface area contributed by atoms with Crippen LogP contribution in [0.1, 0.15) is 40.0 Å². The van der Waals surface area contributed by atoms with Gasteiger partial charge in [0.1, 0.15) is 30.5 Å². The van der Waals surface area contributed by atoms with E-state index >= 15 is 0 Å². The Morgan fingerprint density at radius 2 is 1.92 bits per heavy atom. The van der Waals surface area contributed by atoms with Gasteiger partial charge in [-0.25, -0.2) is 0 Å². The van der Waals surface area contributed by atoms with Gasteiger partial charge in [-0.15, -0.1) is 0 Å². The van der Waals surface area contributed by atoms with Gasteiger partial charge in [-0.1, -0.05) is 27.2 Å². The summed E-state index contributed by atoms with van der Waals surface area (Å²) in [6.07, 6.45) is -3.15. The molecular weight excluding hydrogens is 340 g/mol. The minimum absolute atomic E-state index is 0.0757. The number of carbonyl (C=O) groups excluding carboxylic acids is 1. The molecule has 2 fully saturated rings. The molecular formula is C18H34N2O6. The van der Waals surface area contributed by atoms with Gasteiger partial charge in [0, 0.05) is 0 Å². The van der Waals surface area contributed by atoms with Crippen molar-refractivity contribution in [3.8, 4) is 0 Å². The number of carbonyl (C=O) groups is 1. The Morgan fingerprint density at radius 3 is 2.50 bits per heavy atom. The first-order chi connectivity index (χ1) is 12.3. The maximum Gasteiger partial charge on any atom is 0.237 e. The van der Waals surface area contributed by atoms with E-state index in [-0.39, 0.29) is 17.9 Å². The zero-order valence-electron chi connectivity index (χ0n) is 15.8. The quantitative estimate of drug-likeness (QED) is 0.328. The van der Waals surface area contributed by atoms with Crippen LogP contribution < -0.4 is 10.6 Å². The number of nitrogens with one attached hydrogen (secondary N) is 2. The van der Waals surface area contributed by atoms with Crippen molar-refractivity contribution >= 4 is 5.91 Å². The van der Waals surface area contributed by atoms with Gasteiger partial charge >= 0.3 is 0 Å². The Labute approximate surface area is 154 Å². The minimum atomic E-state index is -1.44. The van der Waals surface area contributed by atoms with Gasteiger partial charge in [-0.2, -0.15) is 0 Å². The molecule has 0 aromatic carbocycles. The average molecular weight is 374 g/mol. The fourth-order valence-corrected chi connectivity index (χ4v) is 3.96. The summed E-state index contributed by atoms with van der Waals surface area (Å²) >= 11 is 0. The fourth-order valence-electron chi connectivity index (χ4n) is 3.96. The van der Waals surface area contributed by atoms with E-state index in [0.29, 0.717) is 5.92 Å². The van der Waals surface area contributed by atoms with E-state index in [9.17, 15) is 25.2 Å². The molecule has 152 valence electrons. The number of hydrogen-bond donors (Lipinski definition) is 6. The third-order valence-corrected chi connectivity index (χ3v) is 5.55. The van der Waals surface area contributed by atoms with Crippen LogP contribution in [0.4, 0.5) is 0 Å². The van der Waals surface area contributed by atoms with E-state index in [4.69, 9.17) is 4.74 Å². The molecule has 0 aromatic heterocycles. The molecule has 0 aliphatic carbocycles. The minimum Gasteiger partial charge on any atom is -0.394 e.